The summed E-state index contributed by atoms with van der Waals surface area (Å²) in [5.41, 5.74) is 0. The summed E-state index contributed by atoms with van der Waals surface area (Å²) in [5.74, 6) is 0.455. The molecule has 0 aromatic carbocycles. The van der Waals surface area contributed by atoms with Gasteiger partial charge in [0.05, 0.1) is 12.6 Å². The predicted octanol–water partition coefficient (Wildman–Crippen LogP) is 1.87. The van der Waals surface area contributed by atoms with E-state index in [1.54, 1.807) is 6.33 Å². The van der Waals surface area contributed by atoms with Gasteiger partial charge in [-0.1, -0.05) is 0 Å². The molecule has 0 radical (unpaired) electrons. The Bertz CT molecular complexity index is 583. The highest BCUT2D eigenvalue weighted by atomic mass is 19.4. The van der Waals surface area contributed by atoms with E-state index in [2.05, 4.69) is 20.0 Å². The van der Waals surface area contributed by atoms with Crippen molar-refractivity contribution in [3.63, 3.8) is 0 Å². The number of rotatable bonds is 4. The molecule has 120 valence electrons. The lowest BCUT2D eigenvalue weighted by Gasteiger charge is -2.31. The molecule has 9 heteroatoms. The molecule has 0 aliphatic carbocycles. The summed E-state index contributed by atoms with van der Waals surface area (Å²) in [4.78, 5) is 10.1. The van der Waals surface area contributed by atoms with Crippen molar-refractivity contribution in [2.24, 2.45) is 0 Å². The highest BCUT2D eigenvalue weighted by Crippen LogP contribution is 2.23. The molecule has 1 aliphatic rings. The second-order valence-corrected chi connectivity index (χ2v) is 5.47. The van der Waals surface area contributed by atoms with Crippen LogP contribution in [0.3, 0.4) is 0 Å². The summed E-state index contributed by atoms with van der Waals surface area (Å²) < 4.78 is 40.5. The molecule has 0 N–H and O–H groups in total. The first-order valence-corrected chi connectivity index (χ1v) is 7.14. The molecule has 1 saturated heterocycles. The van der Waals surface area contributed by atoms with E-state index in [0.717, 1.165) is 25.9 Å². The van der Waals surface area contributed by atoms with Gasteiger partial charge < -0.3 is 4.57 Å². The van der Waals surface area contributed by atoms with Gasteiger partial charge in [0, 0.05) is 25.5 Å². The fourth-order valence-corrected chi connectivity index (χ4v) is 2.78. The van der Waals surface area contributed by atoms with E-state index in [1.807, 2.05) is 4.68 Å². The molecule has 0 spiro atoms. The largest absolute Gasteiger partial charge is 0.406 e. The number of halogens is 3. The fourth-order valence-electron chi connectivity index (χ4n) is 2.78. The Morgan fingerprint density at radius 1 is 1.23 bits per heavy atom. The quantitative estimate of drug-likeness (QED) is 0.864. The van der Waals surface area contributed by atoms with Gasteiger partial charge >= 0.3 is 6.18 Å². The van der Waals surface area contributed by atoms with Crippen molar-refractivity contribution in [3.8, 4) is 0 Å². The van der Waals surface area contributed by atoms with Gasteiger partial charge in [-0.3, -0.25) is 4.90 Å². The molecule has 0 saturated carbocycles. The van der Waals surface area contributed by atoms with E-state index in [0.29, 0.717) is 18.4 Å². The Kier molecular flexibility index (Phi) is 4.14. The smallest absolute Gasteiger partial charge is 0.325 e. The molecule has 22 heavy (non-hydrogen) atoms. The molecule has 3 rings (SSSR count). The van der Waals surface area contributed by atoms with Crippen molar-refractivity contribution >= 4 is 0 Å². The highest BCUT2D eigenvalue weighted by molar-refractivity contribution is 4.94. The van der Waals surface area contributed by atoms with E-state index < -0.39 is 12.7 Å². The monoisotopic (exact) mass is 314 g/mol. The van der Waals surface area contributed by atoms with Crippen molar-refractivity contribution in [1.82, 2.24) is 29.2 Å². The molecule has 6 nitrogen and oxygen atoms in total. The molecule has 2 aromatic heterocycles. The van der Waals surface area contributed by atoms with Crippen LogP contribution in [0.4, 0.5) is 13.2 Å². The number of aromatic nitrogens is 5. The van der Waals surface area contributed by atoms with Crippen LogP contribution >= 0.6 is 0 Å². The maximum absolute atomic E-state index is 12.5. The molecule has 0 atom stereocenters. The molecule has 1 fully saturated rings. The van der Waals surface area contributed by atoms with Crippen molar-refractivity contribution in [2.75, 3.05) is 13.1 Å². The zero-order valence-corrected chi connectivity index (χ0v) is 11.9. The SMILES string of the molecule is FC(F)(F)Cn1ccnc1CN1CCC(n2cncn2)CC1. The predicted molar refractivity (Wildman–Crippen MR) is 71.9 cm³/mol. The Hall–Kier alpha value is -1.90. The number of alkyl halides is 3. The second-order valence-electron chi connectivity index (χ2n) is 5.47. The van der Waals surface area contributed by atoms with Crippen LogP contribution in [0.25, 0.3) is 0 Å². The topological polar surface area (TPSA) is 51.8 Å². The van der Waals surface area contributed by atoms with Gasteiger partial charge in [-0.15, -0.1) is 0 Å². The van der Waals surface area contributed by atoms with Crippen LogP contribution in [0.2, 0.25) is 0 Å². The summed E-state index contributed by atoms with van der Waals surface area (Å²) in [5, 5.41) is 4.14. The summed E-state index contributed by atoms with van der Waals surface area (Å²) in [6.07, 6.45) is 3.60. The van der Waals surface area contributed by atoms with Crippen molar-refractivity contribution < 1.29 is 13.2 Å². The molecule has 3 heterocycles. The van der Waals surface area contributed by atoms with Gasteiger partial charge in [0.2, 0.25) is 0 Å². The number of nitrogens with zero attached hydrogens (tertiary/aromatic N) is 6. The van der Waals surface area contributed by atoms with Gasteiger partial charge in [-0.05, 0) is 12.8 Å². The fraction of sp³-hybridized carbons (Fsp3) is 0.615. The van der Waals surface area contributed by atoms with Crippen LogP contribution < -0.4 is 0 Å². The Labute approximate surface area is 125 Å². The minimum atomic E-state index is -4.23. The first kappa shape index (κ1) is 15.0. The third kappa shape index (κ3) is 3.65. The van der Waals surface area contributed by atoms with E-state index in [-0.39, 0.29) is 0 Å². The van der Waals surface area contributed by atoms with Gasteiger partial charge in [-0.2, -0.15) is 18.3 Å². The van der Waals surface area contributed by atoms with Crippen molar-refractivity contribution in [3.05, 3.63) is 30.9 Å². The number of piperidine rings is 1. The van der Waals surface area contributed by atoms with Crippen LogP contribution in [0, 0.1) is 0 Å². The highest BCUT2D eigenvalue weighted by Gasteiger charge is 2.29. The zero-order valence-electron chi connectivity index (χ0n) is 11.9. The summed E-state index contributed by atoms with van der Waals surface area (Å²) in [7, 11) is 0. The van der Waals surface area contributed by atoms with E-state index in [4.69, 9.17) is 0 Å². The number of likely N-dealkylation sites (tertiary alicyclic amines) is 1. The summed E-state index contributed by atoms with van der Waals surface area (Å²) in [6, 6.07) is 0.314. The second kappa shape index (κ2) is 6.07. The first-order valence-electron chi connectivity index (χ1n) is 7.14. The molecule has 0 bridgehead atoms. The third-order valence-electron chi connectivity index (χ3n) is 3.88. The number of hydrogen-bond acceptors (Lipinski definition) is 4. The lowest BCUT2D eigenvalue weighted by molar-refractivity contribution is -0.141. The molecule has 0 amide bonds. The Balaban J connectivity index is 1.56. The summed E-state index contributed by atoms with van der Waals surface area (Å²) in [6.45, 7) is 1.07. The standard InChI is InChI=1S/C13H17F3N6/c14-13(15,16)8-21-6-3-18-12(21)7-20-4-1-11(2-5-20)22-10-17-9-19-22/h3,6,9-11H,1-2,4-5,7-8H2. The van der Waals surface area contributed by atoms with Crippen LogP contribution in [-0.4, -0.2) is 48.5 Å². The van der Waals surface area contributed by atoms with Crippen LogP contribution in [0.5, 0.6) is 0 Å². The van der Waals surface area contributed by atoms with Gasteiger partial charge in [0.25, 0.3) is 0 Å². The van der Waals surface area contributed by atoms with Crippen molar-refractivity contribution in [1.29, 1.82) is 0 Å². The molecular weight excluding hydrogens is 297 g/mol. The maximum atomic E-state index is 12.5. The van der Waals surface area contributed by atoms with Gasteiger partial charge in [0.15, 0.2) is 0 Å². The minimum Gasteiger partial charge on any atom is -0.325 e. The van der Waals surface area contributed by atoms with Gasteiger partial charge in [0.1, 0.15) is 25.0 Å². The average Bonchev–Trinajstić information content (AvgIpc) is 3.11. The average molecular weight is 314 g/mol. The Morgan fingerprint density at radius 3 is 2.64 bits per heavy atom. The Morgan fingerprint density at radius 2 is 2.00 bits per heavy atom. The first-order chi connectivity index (χ1) is 10.5. The lowest BCUT2D eigenvalue weighted by Crippen LogP contribution is -2.35. The van der Waals surface area contributed by atoms with Gasteiger partial charge in [-0.25, -0.2) is 14.6 Å². The third-order valence-corrected chi connectivity index (χ3v) is 3.88. The molecule has 2 aromatic rings. The normalized spacial score (nSPS) is 18.0. The van der Waals surface area contributed by atoms with E-state index in [1.165, 1.54) is 23.3 Å². The zero-order chi connectivity index (χ0) is 15.6. The van der Waals surface area contributed by atoms with Crippen molar-refractivity contribution in [2.45, 2.75) is 38.1 Å². The summed E-state index contributed by atoms with van der Waals surface area (Å²) >= 11 is 0. The molecular formula is C13H17F3N6. The van der Waals surface area contributed by atoms with Crippen LogP contribution in [0.1, 0.15) is 24.7 Å². The molecule has 0 unspecified atom stereocenters. The van der Waals surface area contributed by atoms with Crippen LogP contribution in [0.15, 0.2) is 25.0 Å². The van der Waals surface area contributed by atoms with E-state index in [9.17, 15) is 13.2 Å². The number of hydrogen-bond donors (Lipinski definition) is 0. The van der Waals surface area contributed by atoms with E-state index >= 15 is 0 Å². The minimum absolute atomic E-state index is 0.314. The molecule has 1 aliphatic heterocycles. The number of imidazole rings is 1. The lowest BCUT2D eigenvalue weighted by atomic mass is 10.1. The van der Waals surface area contributed by atoms with Crippen LogP contribution in [-0.2, 0) is 13.1 Å². The maximum Gasteiger partial charge on any atom is 0.406 e.